The van der Waals surface area contributed by atoms with E-state index in [1.54, 1.807) is 12.1 Å². The van der Waals surface area contributed by atoms with Gasteiger partial charge in [-0.15, -0.1) is 10.2 Å². The Labute approximate surface area is 99.0 Å². The quantitative estimate of drug-likeness (QED) is 0.816. The van der Waals surface area contributed by atoms with E-state index in [0.717, 1.165) is 12.2 Å². The summed E-state index contributed by atoms with van der Waals surface area (Å²) in [4.78, 5) is 0. The fraction of sp³-hybridized carbons (Fsp3) is 0.167. The third-order valence-corrected chi connectivity index (χ3v) is 2.36. The van der Waals surface area contributed by atoms with E-state index < -0.39 is 0 Å². The average molecular weight is 235 g/mol. The Hall–Kier alpha value is -1.61. The van der Waals surface area contributed by atoms with Crippen LogP contribution in [0.2, 0.25) is 5.15 Å². The summed E-state index contributed by atoms with van der Waals surface area (Å²) in [5.74, 6) is 1.18. The van der Waals surface area contributed by atoms with Crippen molar-refractivity contribution in [3.8, 4) is 11.6 Å². The van der Waals surface area contributed by atoms with Gasteiger partial charge in [0.1, 0.15) is 5.75 Å². The molecule has 0 bridgehead atoms. The van der Waals surface area contributed by atoms with Crippen LogP contribution < -0.4 is 4.74 Å². The van der Waals surface area contributed by atoms with Crippen LogP contribution in [0.4, 0.5) is 0 Å². The van der Waals surface area contributed by atoms with Gasteiger partial charge in [0.25, 0.3) is 0 Å². The van der Waals surface area contributed by atoms with Crippen LogP contribution >= 0.6 is 11.6 Å². The van der Waals surface area contributed by atoms with Crippen molar-refractivity contribution in [3.05, 3.63) is 47.1 Å². The minimum absolute atomic E-state index is 0.355. The second-order valence-electron chi connectivity index (χ2n) is 3.29. The summed E-state index contributed by atoms with van der Waals surface area (Å²) in [6, 6.07) is 11.2. The smallest absolute Gasteiger partial charge is 0.238 e. The van der Waals surface area contributed by atoms with Gasteiger partial charge in [-0.2, -0.15) is 0 Å². The van der Waals surface area contributed by atoms with E-state index in [2.05, 4.69) is 17.1 Å². The van der Waals surface area contributed by atoms with Gasteiger partial charge in [-0.25, -0.2) is 0 Å². The molecule has 3 nitrogen and oxygen atoms in total. The van der Waals surface area contributed by atoms with Gasteiger partial charge in [-0.3, -0.25) is 0 Å². The van der Waals surface area contributed by atoms with E-state index in [-0.39, 0.29) is 0 Å². The highest BCUT2D eigenvalue weighted by atomic mass is 35.5. The topological polar surface area (TPSA) is 35.0 Å². The van der Waals surface area contributed by atoms with E-state index in [1.165, 1.54) is 5.56 Å². The van der Waals surface area contributed by atoms with Crippen LogP contribution in [0.5, 0.6) is 11.6 Å². The Bertz CT molecular complexity index is 453. The van der Waals surface area contributed by atoms with Gasteiger partial charge in [0.2, 0.25) is 5.88 Å². The molecule has 0 aliphatic heterocycles. The highest BCUT2D eigenvalue weighted by Gasteiger charge is 1.99. The molecular weight excluding hydrogens is 224 g/mol. The van der Waals surface area contributed by atoms with Crippen LogP contribution in [-0.2, 0) is 6.42 Å². The molecule has 0 radical (unpaired) electrons. The maximum absolute atomic E-state index is 5.63. The van der Waals surface area contributed by atoms with Gasteiger partial charge in [0.05, 0.1) is 0 Å². The summed E-state index contributed by atoms with van der Waals surface area (Å²) in [7, 11) is 0. The number of hydrogen-bond acceptors (Lipinski definition) is 3. The number of nitrogens with zero attached hydrogens (tertiary/aromatic N) is 2. The van der Waals surface area contributed by atoms with Crippen LogP contribution in [-0.4, -0.2) is 10.2 Å². The Kier molecular flexibility index (Phi) is 3.37. The first-order valence-corrected chi connectivity index (χ1v) is 5.42. The molecule has 0 N–H and O–H groups in total. The predicted octanol–water partition coefficient (Wildman–Crippen LogP) is 3.48. The minimum Gasteiger partial charge on any atom is -0.438 e. The molecular formula is C12H11ClN2O. The van der Waals surface area contributed by atoms with E-state index >= 15 is 0 Å². The molecule has 0 spiro atoms. The van der Waals surface area contributed by atoms with Crippen molar-refractivity contribution in [2.75, 3.05) is 0 Å². The van der Waals surface area contributed by atoms with Crippen LogP contribution in [0.1, 0.15) is 12.5 Å². The molecule has 0 unspecified atom stereocenters. The van der Waals surface area contributed by atoms with Crippen LogP contribution in [0.25, 0.3) is 0 Å². The molecule has 1 aromatic carbocycles. The summed E-state index contributed by atoms with van der Waals surface area (Å²) in [5, 5.41) is 7.87. The Morgan fingerprint density at radius 3 is 2.38 bits per heavy atom. The molecule has 0 saturated heterocycles. The highest BCUT2D eigenvalue weighted by Crippen LogP contribution is 2.19. The molecule has 82 valence electrons. The first-order chi connectivity index (χ1) is 7.78. The maximum atomic E-state index is 5.63. The Morgan fingerprint density at radius 2 is 1.81 bits per heavy atom. The van der Waals surface area contributed by atoms with E-state index in [9.17, 15) is 0 Å². The molecule has 0 aliphatic carbocycles. The van der Waals surface area contributed by atoms with E-state index in [4.69, 9.17) is 16.3 Å². The second kappa shape index (κ2) is 4.94. The van der Waals surface area contributed by atoms with Crippen LogP contribution in [0, 0.1) is 0 Å². The third kappa shape index (κ3) is 2.70. The zero-order chi connectivity index (χ0) is 11.4. The van der Waals surface area contributed by atoms with Crippen molar-refractivity contribution in [1.82, 2.24) is 10.2 Å². The molecule has 0 saturated carbocycles. The lowest BCUT2D eigenvalue weighted by Gasteiger charge is -2.04. The van der Waals surface area contributed by atoms with Gasteiger partial charge in [0, 0.05) is 6.07 Å². The predicted molar refractivity (Wildman–Crippen MR) is 62.9 cm³/mol. The summed E-state index contributed by atoms with van der Waals surface area (Å²) >= 11 is 5.63. The van der Waals surface area contributed by atoms with Gasteiger partial charge < -0.3 is 4.74 Å². The maximum Gasteiger partial charge on any atom is 0.238 e. The summed E-state index contributed by atoms with van der Waals surface area (Å²) in [6.07, 6.45) is 1.01. The molecule has 1 heterocycles. The molecule has 0 fully saturated rings. The molecule has 2 aromatic rings. The second-order valence-corrected chi connectivity index (χ2v) is 3.68. The number of hydrogen-bond donors (Lipinski definition) is 0. The summed E-state index contributed by atoms with van der Waals surface area (Å²) in [6.45, 7) is 2.11. The number of aromatic nitrogens is 2. The molecule has 0 atom stereocenters. The number of aryl methyl sites for hydroxylation is 1. The van der Waals surface area contributed by atoms with Gasteiger partial charge in [-0.1, -0.05) is 30.7 Å². The minimum atomic E-state index is 0.355. The fourth-order valence-corrected chi connectivity index (χ4v) is 1.37. The fourth-order valence-electron chi connectivity index (χ4n) is 1.27. The summed E-state index contributed by atoms with van der Waals surface area (Å²) in [5.41, 5.74) is 1.27. The van der Waals surface area contributed by atoms with Gasteiger partial charge in [0.15, 0.2) is 5.15 Å². The molecule has 4 heteroatoms. The van der Waals surface area contributed by atoms with Crippen LogP contribution in [0.3, 0.4) is 0 Å². The first kappa shape index (κ1) is 10.9. The molecule has 0 amide bonds. The van der Waals surface area contributed by atoms with Crippen LogP contribution in [0.15, 0.2) is 36.4 Å². The number of rotatable bonds is 3. The van der Waals surface area contributed by atoms with Gasteiger partial charge in [-0.05, 0) is 30.2 Å². The van der Waals surface area contributed by atoms with Crippen molar-refractivity contribution in [3.63, 3.8) is 0 Å². The highest BCUT2D eigenvalue weighted by molar-refractivity contribution is 6.29. The number of halogens is 1. The molecule has 2 rings (SSSR count). The zero-order valence-electron chi connectivity index (χ0n) is 8.85. The SMILES string of the molecule is CCc1ccc(Oc2ccc(Cl)nn2)cc1. The standard InChI is InChI=1S/C12H11ClN2O/c1-2-9-3-5-10(6-4-9)16-12-8-7-11(13)14-15-12/h3-8H,2H2,1H3. The monoisotopic (exact) mass is 234 g/mol. The number of ether oxygens (including phenoxy) is 1. The zero-order valence-corrected chi connectivity index (χ0v) is 9.61. The lowest BCUT2D eigenvalue weighted by Crippen LogP contribution is -1.90. The molecule has 16 heavy (non-hydrogen) atoms. The molecule has 1 aromatic heterocycles. The normalized spacial score (nSPS) is 10.1. The number of benzene rings is 1. The third-order valence-electron chi connectivity index (χ3n) is 2.16. The average Bonchev–Trinajstić information content (AvgIpc) is 2.33. The van der Waals surface area contributed by atoms with Crippen molar-refractivity contribution in [2.24, 2.45) is 0 Å². The first-order valence-electron chi connectivity index (χ1n) is 5.04. The van der Waals surface area contributed by atoms with E-state index in [0.29, 0.717) is 11.0 Å². The lowest BCUT2D eigenvalue weighted by molar-refractivity contribution is 0.455. The molecule has 0 aliphatic rings. The van der Waals surface area contributed by atoms with Crippen molar-refractivity contribution >= 4 is 11.6 Å². The van der Waals surface area contributed by atoms with Gasteiger partial charge >= 0.3 is 0 Å². The Morgan fingerprint density at radius 1 is 1.06 bits per heavy atom. The van der Waals surface area contributed by atoms with Crippen molar-refractivity contribution in [1.29, 1.82) is 0 Å². The summed E-state index contributed by atoms with van der Waals surface area (Å²) < 4.78 is 5.50. The van der Waals surface area contributed by atoms with Crippen molar-refractivity contribution in [2.45, 2.75) is 13.3 Å². The van der Waals surface area contributed by atoms with E-state index in [1.807, 2.05) is 24.3 Å². The van der Waals surface area contributed by atoms with Crippen molar-refractivity contribution < 1.29 is 4.74 Å². The lowest BCUT2D eigenvalue weighted by atomic mass is 10.2. The Balaban J connectivity index is 2.11. The largest absolute Gasteiger partial charge is 0.438 e.